The molecule has 1 fully saturated rings. The van der Waals surface area contributed by atoms with Crippen LogP contribution in [0, 0.1) is 24.0 Å². The van der Waals surface area contributed by atoms with Crippen LogP contribution in [-0.4, -0.2) is 47.0 Å². The molecule has 3 heterocycles. The van der Waals surface area contributed by atoms with Crippen LogP contribution in [0.1, 0.15) is 20.9 Å². The molecule has 25 heavy (non-hydrogen) atoms. The van der Waals surface area contributed by atoms with Crippen molar-refractivity contribution in [2.45, 2.75) is 13.8 Å². The molecule has 0 aromatic carbocycles. The molecule has 0 bridgehead atoms. The van der Waals surface area contributed by atoms with Gasteiger partial charge in [-0.05, 0) is 13.8 Å². The maximum absolute atomic E-state index is 11.7. The van der Waals surface area contributed by atoms with E-state index in [1.54, 1.807) is 11.3 Å². The second-order valence-electron chi connectivity index (χ2n) is 5.80. The molecule has 0 spiro atoms. The molecular formula is C15H18N6O3S. The van der Waals surface area contributed by atoms with E-state index in [9.17, 15) is 14.9 Å². The molecule has 1 saturated heterocycles. The lowest BCUT2D eigenvalue weighted by molar-refractivity contribution is -0.385. The Balaban J connectivity index is 1.78. The summed E-state index contributed by atoms with van der Waals surface area (Å²) in [5, 5.41) is 11.9. The van der Waals surface area contributed by atoms with E-state index in [0.29, 0.717) is 18.9 Å². The number of rotatable bonds is 4. The summed E-state index contributed by atoms with van der Waals surface area (Å²) in [6, 6.07) is 1.19. The largest absolute Gasteiger partial charge is 0.365 e. The van der Waals surface area contributed by atoms with Gasteiger partial charge in [0.25, 0.3) is 11.6 Å². The fourth-order valence-corrected chi connectivity index (χ4v) is 3.64. The first-order valence-electron chi connectivity index (χ1n) is 7.75. The van der Waals surface area contributed by atoms with E-state index >= 15 is 0 Å². The first-order chi connectivity index (χ1) is 11.9. The third-order valence-electron chi connectivity index (χ3n) is 4.20. The Morgan fingerprint density at radius 2 is 1.92 bits per heavy atom. The monoisotopic (exact) mass is 362 g/mol. The predicted molar refractivity (Wildman–Crippen MR) is 95.4 cm³/mol. The molecule has 0 radical (unpaired) electrons. The zero-order chi connectivity index (χ0) is 18.1. The summed E-state index contributed by atoms with van der Waals surface area (Å²) in [7, 11) is 0. The zero-order valence-corrected chi connectivity index (χ0v) is 14.7. The van der Waals surface area contributed by atoms with E-state index in [2.05, 4.69) is 14.9 Å². The molecule has 1 aliphatic rings. The lowest BCUT2D eigenvalue weighted by atomic mass is 10.2. The number of hydrogen-bond acceptors (Lipinski definition) is 8. The van der Waals surface area contributed by atoms with E-state index in [4.69, 9.17) is 5.73 Å². The maximum atomic E-state index is 11.7. The zero-order valence-electron chi connectivity index (χ0n) is 13.9. The number of amides is 1. The molecule has 3 rings (SSSR count). The molecular weight excluding hydrogens is 344 g/mol. The number of nitro groups is 1. The molecule has 2 aromatic heterocycles. The van der Waals surface area contributed by atoms with Crippen LogP contribution in [0.4, 0.5) is 16.6 Å². The number of primary amides is 1. The van der Waals surface area contributed by atoms with E-state index < -0.39 is 10.8 Å². The van der Waals surface area contributed by atoms with Crippen LogP contribution < -0.4 is 15.5 Å². The highest BCUT2D eigenvalue weighted by atomic mass is 32.1. The average molecular weight is 362 g/mol. The average Bonchev–Trinajstić information content (AvgIpc) is 2.93. The number of aromatic nitrogens is 2. The van der Waals surface area contributed by atoms with Gasteiger partial charge in [-0.25, -0.2) is 9.97 Å². The Hall–Kier alpha value is -2.75. The highest BCUT2D eigenvalue weighted by molar-refractivity contribution is 7.15. The van der Waals surface area contributed by atoms with Crippen LogP contribution >= 0.6 is 11.3 Å². The SMILES string of the molecule is Cc1nc(N2CCN(c3ncc([N+](=O)[O-])cc3C(N)=O)CC2)sc1C. The Labute approximate surface area is 148 Å². The predicted octanol–water partition coefficient (Wildman–Crippen LogP) is 1.49. The summed E-state index contributed by atoms with van der Waals surface area (Å²) in [5.74, 6) is -0.330. The van der Waals surface area contributed by atoms with E-state index in [1.807, 2.05) is 18.7 Å². The van der Waals surface area contributed by atoms with Gasteiger partial charge in [-0.2, -0.15) is 0 Å². The van der Waals surface area contributed by atoms with Gasteiger partial charge in [0, 0.05) is 37.1 Å². The number of thiazole rings is 1. The summed E-state index contributed by atoms with van der Waals surface area (Å²) in [5.41, 5.74) is 6.25. The summed E-state index contributed by atoms with van der Waals surface area (Å²) < 4.78 is 0. The molecule has 0 aliphatic carbocycles. The van der Waals surface area contributed by atoms with Crippen molar-refractivity contribution in [1.29, 1.82) is 0 Å². The van der Waals surface area contributed by atoms with Crippen molar-refractivity contribution in [3.63, 3.8) is 0 Å². The van der Waals surface area contributed by atoms with Crippen LogP contribution in [-0.2, 0) is 0 Å². The minimum absolute atomic E-state index is 0.0728. The Kier molecular flexibility index (Phi) is 4.53. The number of piperazine rings is 1. The van der Waals surface area contributed by atoms with Gasteiger partial charge in [-0.1, -0.05) is 0 Å². The number of aryl methyl sites for hydroxylation is 2. The Morgan fingerprint density at radius 1 is 1.28 bits per heavy atom. The van der Waals surface area contributed by atoms with Crippen LogP contribution in [0.25, 0.3) is 0 Å². The molecule has 132 valence electrons. The van der Waals surface area contributed by atoms with E-state index in [1.165, 1.54) is 10.9 Å². The summed E-state index contributed by atoms with van der Waals surface area (Å²) in [6.07, 6.45) is 1.15. The number of hydrogen-bond donors (Lipinski definition) is 1. The van der Waals surface area contributed by atoms with Gasteiger partial charge in [0.15, 0.2) is 5.13 Å². The van der Waals surface area contributed by atoms with Gasteiger partial charge in [0.05, 0.1) is 16.2 Å². The lowest BCUT2D eigenvalue weighted by Gasteiger charge is -2.35. The van der Waals surface area contributed by atoms with Crippen molar-refractivity contribution < 1.29 is 9.72 Å². The van der Waals surface area contributed by atoms with Gasteiger partial charge >= 0.3 is 0 Å². The van der Waals surface area contributed by atoms with Crippen molar-refractivity contribution >= 4 is 33.9 Å². The maximum Gasteiger partial charge on any atom is 0.288 e. The molecule has 1 amide bonds. The second kappa shape index (κ2) is 6.63. The minimum atomic E-state index is -0.722. The number of anilines is 2. The fraction of sp³-hybridized carbons (Fsp3) is 0.400. The van der Waals surface area contributed by atoms with Gasteiger partial charge < -0.3 is 15.5 Å². The summed E-state index contributed by atoms with van der Waals surface area (Å²) in [4.78, 5) is 36.0. The van der Waals surface area contributed by atoms with Crippen molar-refractivity contribution in [3.05, 3.63) is 38.5 Å². The number of pyridine rings is 1. The molecule has 1 aliphatic heterocycles. The van der Waals surface area contributed by atoms with Crippen LogP contribution in [0.3, 0.4) is 0 Å². The molecule has 9 nitrogen and oxygen atoms in total. The summed E-state index contributed by atoms with van der Waals surface area (Å²) in [6.45, 7) is 6.75. The number of nitrogens with zero attached hydrogens (tertiary/aromatic N) is 5. The molecule has 2 aromatic rings. The normalized spacial score (nSPS) is 14.6. The number of nitrogens with two attached hydrogens (primary N) is 1. The van der Waals surface area contributed by atoms with E-state index in [-0.39, 0.29) is 11.3 Å². The third-order valence-corrected chi connectivity index (χ3v) is 5.33. The third kappa shape index (κ3) is 3.38. The first-order valence-corrected chi connectivity index (χ1v) is 8.56. The molecule has 10 heteroatoms. The Bertz CT molecular complexity index is 809. The van der Waals surface area contributed by atoms with Crippen molar-refractivity contribution in [2.75, 3.05) is 36.0 Å². The molecule has 0 saturated carbocycles. The van der Waals surface area contributed by atoms with Gasteiger partial charge in [0.2, 0.25) is 0 Å². The topological polar surface area (TPSA) is 118 Å². The van der Waals surface area contributed by atoms with Crippen molar-refractivity contribution in [1.82, 2.24) is 9.97 Å². The number of carbonyl (C=O) groups is 1. The molecule has 0 atom stereocenters. The van der Waals surface area contributed by atoms with Crippen molar-refractivity contribution in [2.24, 2.45) is 5.73 Å². The van der Waals surface area contributed by atoms with Crippen LogP contribution in [0.5, 0.6) is 0 Å². The Morgan fingerprint density at radius 3 is 2.44 bits per heavy atom. The van der Waals surface area contributed by atoms with E-state index in [0.717, 1.165) is 30.1 Å². The smallest absolute Gasteiger partial charge is 0.288 e. The fourth-order valence-electron chi connectivity index (χ4n) is 2.68. The van der Waals surface area contributed by atoms with Crippen LogP contribution in [0.2, 0.25) is 0 Å². The summed E-state index contributed by atoms with van der Waals surface area (Å²) >= 11 is 1.66. The van der Waals surface area contributed by atoms with Gasteiger partial charge in [-0.15, -0.1) is 11.3 Å². The molecule has 0 unspecified atom stereocenters. The van der Waals surface area contributed by atoms with Gasteiger partial charge in [0.1, 0.15) is 12.0 Å². The minimum Gasteiger partial charge on any atom is -0.365 e. The highest BCUT2D eigenvalue weighted by Gasteiger charge is 2.25. The number of carbonyl (C=O) groups excluding carboxylic acids is 1. The van der Waals surface area contributed by atoms with Gasteiger partial charge in [-0.3, -0.25) is 14.9 Å². The highest BCUT2D eigenvalue weighted by Crippen LogP contribution is 2.28. The lowest BCUT2D eigenvalue weighted by Crippen LogP contribution is -2.47. The second-order valence-corrected chi connectivity index (χ2v) is 6.98. The quantitative estimate of drug-likeness (QED) is 0.646. The molecule has 2 N–H and O–H groups in total. The van der Waals surface area contributed by atoms with Crippen molar-refractivity contribution in [3.8, 4) is 0 Å². The first kappa shape index (κ1) is 17.1. The van der Waals surface area contributed by atoms with Crippen LogP contribution in [0.15, 0.2) is 12.3 Å². The standard InChI is InChI=1S/C15H18N6O3S/c1-9-10(2)25-15(18-9)20-5-3-19(4-6-20)14-12(13(16)22)7-11(8-17-14)21(23)24/h7-8H,3-6H2,1-2H3,(H2,16,22).